The Morgan fingerprint density at radius 1 is 1.08 bits per heavy atom. The summed E-state index contributed by atoms with van der Waals surface area (Å²) >= 11 is 0. The molecule has 2 fully saturated rings. The Balaban J connectivity index is 1.75. The molecule has 2 aliphatic rings. The van der Waals surface area contributed by atoms with Gasteiger partial charge in [-0.05, 0) is 59.4 Å². The van der Waals surface area contributed by atoms with Gasteiger partial charge in [0.25, 0.3) is 0 Å². The van der Waals surface area contributed by atoms with Gasteiger partial charge in [-0.3, -0.25) is 0 Å². The maximum atomic E-state index is 12.6. The SMILES string of the molecule is CN1CCN(S(=O)(=O)CC2CCC(NC(=O)OC(C)(C)C)CC2)CC1. The van der Waals surface area contributed by atoms with E-state index < -0.39 is 15.6 Å². The third kappa shape index (κ3) is 6.75. The van der Waals surface area contributed by atoms with Crippen LogP contribution in [0.1, 0.15) is 46.5 Å². The first-order valence-corrected chi connectivity index (χ1v) is 10.8. The molecule has 0 aromatic rings. The maximum Gasteiger partial charge on any atom is 0.407 e. The summed E-state index contributed by atoms with van der Waals surface area (Å²) in [6.45, 7) is 8.30. The van der Waals surface area contributed by atoms with Crippen molar-refractivity contribution in [2.24, 2.45) is 5.92 Å². The molecule has 1 heterocycles. The zero-order valence-electron chi connectivity index (χ0n) is 16.0. The van der Waals surface area contributed by atoms with Crippen molar-refractivity contribution in [2.45, 2.75) is 58.1 Å². The number of hydrogen-bond acceptors (Lipinski definition) is 5. The van der Waals surface area contributed by atoms with E-state index in [9.17, 15) is 13.2 Å². The van der Waals surface area contributed by atoms with E-state index in [-0.39, 0.29) is 23.8 Å². The zero-order chi connectivity index (χ0) is 18.7. The second-order valence-electron chi connectivity index (χ2n) is 8.34. The lowest BCUT2D eigenvalue weighted by Crippen LogP contribution is -2.48. The van der Waals surface area contributed by atoms with Crippen LogP contribution in [0.15, 0.2) is 0 Å². The fraction of sp³-hybridized carbons (Fsp3) is 0.941. The number of hydrogen-bond donors (Lipinski definition) is 1. The number of carbonyl (C=O) groups excluding carboxylic acids is 1. The minimum atomic E-state index is -3.18. The largest absolute Gasteiger partial charge is 0.444 e. The average molecular weight is 376 g/mol. The van der Waals surface area contributed by atoms with E-state index in [4.69, 9.17) is 4.74 Å². The number of sulfonamides is 1. The highest BCUT2D eigenvalue weighted by Gasteiger charge is 2.31. The van der Waals surface area contributed by atoms with Crippen molar-refractivity contribution in [2.75, 3.05) is 39.0 Å². The van der Waals surface area contributed by atoms with E-state index in [2.05, 4.69) is 10.2 Å². The first-order chi connectivity index (χ1) is 11.5. The van der Waals surface area contributed by atoms with E-state index in [1.54, 1.807) is 4.31 Å². The Bertz CT molecular complexity index is 543. The minimum absolute atomic E-state index is 0.0810. The van der Waals surface area contributed by atoms with Gasteiger partial charge in [-0.2, -0.15) is 4.31 Å². The summed E-state index contributed by atoms with van der Waals surface area (Å²) in [7, 11) is -1.16. The Labute approximate surface area is 152 Å². The van der Waals surface area contributed by atoms with E-state index >= 15 is 0 Å². The molecule has 1 aliphatic heterocycles. The number of rotatable bonds is 4. The quantitative estimate of drug-likeness (QED) is 0.808. The number of carbonyl (C=O) groups is 1. The van der Waals surface area contributed by atoms with Crippen LogP contribution in [-0.2, 0) is 14.8 Å². The Morgan fingerprint density at radius 2 is 1.64 bits per heavy atom. The van der Waals surface area contributed by atoms with Gasteiger partial charge in [-0.1, -0.05) is 0 Å². The second kappa shape index (κ2) is 8.22. The molecule has 1 saturated carbocycles. The summed E-state index contributed by atoms with van der Waals surface area (Å²) in [6, 6.07) is 0.0810. The van der Waals surface area contributed by atoms with Crippen LogP contribution in [0.3, 0.4) is 0 Å². The van der Waals surface area contributed by atoms with Gasteiger partial charge >= 0.3 is 6.09 Å². The molecule has 1 saturated heterocycles. The standard InChI is InChI=1S/C17H33N3O4S/c1-17(2,3)24-16(21)18-15-7-5-14(6-8-15)13-25(22,23)20-11-9-19(4)10-12-20/h14-15H,5-13H2,1-4H3,(H,18,21). The van der Waals surface area contributed by atoms with Crippen molar-refractivity contribution in [3.63, 3.8) is 0 Å². The topological polar surface area (TPSA) is 79.0 Å². The van der Waals surface area contributed by atoms with E-state index in [1.165, 1.54) is 0 Å². The van der Waals surface area contributed by atoms with Crippen LogP contribution in [0.25, 0.3) is 0 Å². The van der Waals surface area contributed by atoms with Crippen LogP contribution in [-0.4, -0.2) is 74.3 Å². The lowest BCUT2D eigenvalue weighted by atomic mass is 9.87. The van der Waals surface area contributed by atoms with Gasteiger partial charge in [0.2, 0.25) is 10.0 Å². The molecule has 0 bridgehead atoms. The van der Waals surface area contributed by atoms with E-state index in [1.807, 2.05) is 27.8 Å². The first-order valence-electron chi connectivity index (χ1n) is 9.21. The van der Waals surface area contributed by atoms with E-state index in [0.29, 0.717) is 13.1 Å². The second-order valence-corrected chi connectivity index (χ2v) is 10.4. The van der Waals surface area contributed by atoms with Gasteiger partial charge in [0.1, 0.15) is 5.60 Å². The van der Waals surface area contributed by atoms with E-state index in [0.717, 1.165) is 38.8 Å². The third-order valence-electron chi connectivity index (χ3n) is 4.87. The Hall–Kier alpha value is -0.860. The van der Waals surface area contributed by atoms with Crippen LogP contribution in [0, 0.1) is 5.92 Å². The fourth-order valence-corrected chi connectivity index (χ4v) is 5.28. The molecule has 0 aromatic carbocycles. The van der Waals surface area contributed by atoms with Crippen LogP contribution in [0.4, 0.5) is 4.79 Å². The molecule has 0 spiro atoms. The Morgan fingerprint density at radius 3 is 2.16 bits per heavy atom. The third-order valence-corrected chi connectivity index (χ3v) is 6.91. The number of amides is 1. The summed E-state index contributed by atoms with van der Waals surface area (Å²) in [6.07, 6.45) is 2.88. The summed E-state index contributed by atoms with van der Waals surface area (Å²) in [5.74, 6) is 0.414. The highest BCUT2D eigenvalue weighted by atomic mass is 32.2. The molecule has 7 nitrogen and oxygen atoms in total. The van der Waals surface area contributed by atoms with Crippen LogP contribution >= 0.6 is 0 Å². The number of ether oxygens (including phenoxy) is 1. The van der Waals surface area contributed by atoms with Gasteiger partial charge in [-0.15, -0.1) is 0 Å². The van der Waals surface area contributed by atoms with Crippen molar-refractivity contribution >= 4 is 16.1 Å². The maximum absolute atomic E-state index is 12.6. The van der Waals surface area contributed by atoms with Crippen LogP contribution in [0.2, 0.25) is 0 Å². The number of nitrogens with zero attached hydrogens (tertiary/aromatic N) is 2. The van der Waals surface area contributed by atoms with Gasteiger partial charge < -0.3 is 15.0 Å². The zero-order valence-corrected chi connectivity index (χ0v) is 16.8. The molecular weight excluding hydrogens is 342 g/mol. The van der Waals surface area contributed by atoms with Crippen molar-refractivity contribution in [3.05, 3.63) is 0 Å². The summed E-state index contributed by atoms with van der Waals surface area (Å²) in [5.41, 5.74) is -0.502. The predicted octanol–water partition coefficient (Wildman–Crippen LogP) is 1.65. The first kappa shape index (κ1) is 20.5. The molecule has 1 amide bonds. The number of likely N-dealkylation sites (N-methyl/N-ethyl adjacent to an activating group) is 1. The smallest absolute Gasteiger partial charge is 0.407 e. The number of nitrogens with one attached hydrogen (secondary N) is 1. The summed E-state index contributed by atoms with van der Waals surface area (Å²) in [4.78, 5) is 14.0. The molecule has 146 valence electrons. The van der Waals surface area contributed by atoms with Gasteiger partial charge in [0.15, 0.2) is 0 Å². The highest BCUT2D eigenvalue weighted by Crippen LogP contribution is 2.27. The normalized spacial score (nSPS) is 27.0. The minimum Gasteiger partial charge on any atom is -0.444 e. The van der Waals surface area contributed by atoms with Crippen molar-refractivity contribution in [1.29, 1.82) is 0 Å². The van der Waals surface area contributed by atoms with Crippen LogP contribution in [0.5, 0.6) is 0 Å². The van der Waals surface area contributed by atoms with Gasteiger partial charge in [-0.25, -0.2) is 13.2 Å². The molecule has 0 unspecified atom stereocenters. The van der Waals surface area contributed by atoms with Crippen LogP contribution < -0.4 is 5.32 Å². The molecule has 0 aromatic heterocycles. The lowest BCUT2D eigenvalue weighted by molar-refractivity contribution is 0.0488. The fourth-order valence-electron chi connectivity index (χ4n) is 3.42. The van der Waals surface area contributed by atoms with Crippen molar-refractivity contribution in [1.82, 2.24) is 14.5 Å². The summed E-state index contributed by atoms with van der Waals surface area (Å²) < 4.78 is 32.1. The highest BCUT2D eigenvalue weighted by molar-refractivity contribution is 7.89. The van der Waals surface area contributed by atoms with Crippen molar-refractivity contribution < 1.29 is 17.9 Å². The Kier molecular flexibility index (Phi) is 6.73. The summed E-state index contributed by atoms with van der Waals surface area (Å²) in [5, 5.41) is 2.90. The molecule has 1 N–H and O–H groups in total. The number of alkyl carbamates (subject to hydrolysis) is 1. The number of piperazine rings is 1. The average Bonchev–Trinajstić information content (AvgIpc) is 2.47. The molecule has 8 heteroatoms. The molecule has 0 atom stereocenters. The molecular formula is C17H33N3O4S. The monoisotopic (exact) mass is 375 g/mol. The molecule has 2 rings (SSSR count). The molecule has 1 aliphatic carbocycles. The predicted molar refractivity (Wildman–Crippen MR) is 98.0 cm³/mol. The molecule has 25 heavy (non-hydrogen) atoms. The van der Waals surface area contributed by atoms with Gasteiger partial charge in [0, 0.05) is 32.2 Å². The lowest BCUT2D eigenvalue weighted by Gasteiger charge is -2.34. The van der Waals surface area contributed by atoms with Crippen molar-refractivity contribution in [3.8, 4) is 0 Å². The van der Waals surface area contributed by atoms with Gasteiger partial charge in [0.05, 0.1) is 5.75 Å². The molecule has 0 radical (unpaired) electrons.